The van der Waals surface area contributed by atoms with Crippen molar-refractivity contribution in [3.63, 3.8) is 0 Å². The molecule has 36 heavy (non-hydrogen) atoms. The Kier molecular flexibility index (Phi) is 7.20. The second-order valence-corrected chi connectivity index (χ2v) is 8.55. The normalized spacial score (nSPS) is 10.8. The standard InChI is InChI=1S/C29H27NO6/c1-5-34-29(33)21-10-12-22(13-11-21)30-24(31)16-35-28-26(32)25-19(4)14-18(3)15-23(25)36-27(28)20-8-6-17(2)7-9-20/h6-15H,5,16H2,1-4H3,(H,30,31). The Morgan fingerprint density at radius 1 is 0.917 bits per heavy atom. The molecule has 0 aliphatic rings. The maximum Gasteiger partial charge on any atom is 0.338 e. The molecule has 0 atom stereocenters. The lowest BCUT2D eigenvalue weighted by atomic mass is 10.0. The van der Waals surface area contributed by atoms with Gasteiger partial charge in [-0.15, -0.1) is 0 Å². The van der Waals surface area contributed by atoms with Gasteiger partial charge in [-0.2, -0.15) is 0 Å². The van der Waals surface area contributed by atoms with Gasteiger partial charge in [-0.3, -0.25) is 9.59 Å². The van der Waals surface area contributed by atoms with Crippen molar-refractivity contribution in [1.29, 1.82) is 0 Å². The fraction of sp³-hybridized carbons (Fsp3) is 0.207. The zero-order chi connectivity index (χ0) is 25.8. The number of fused-ring (bicyclic) bond motifs is 1. The van der Waals surface area contributed by atoms with Crippen LogP contribution in [0.2, 0.25) is 0 Å². The number of amides is 1. The van der Waals surface area contributed by atoms with Crippen LogP contribution in [0.5, 0.6) is 5.75 Å². The van der Waals surface area contributed by atoms with Crippen molar-refractivity contribution in [2.45, 2.75) is 27.7 Å². The highest BCUT2D eigenvalue weighted by Gasteiger charge is 2.20. The molecule has 1 N–H and O–H groups in total. The third kappa shape index (κ3) is 5.30. The molecule has 184 valence electrons. The Hall–Kier alpha value is -4.39. The van der Waals surface area contributed by atoms with Crippen molar-refractivity contribution in [3.05, 3.63) is 93.1 Å². The number of carbonyl (C=O) groups is 2. The highest BCUT2D eigenvalue weighted by atomic mass is 16.5. The molecule has 7 nitrogen and oxygen atoms in total. The molecule has 1 heterocycles. The predicted molar refractivity (Wildman–Crippen MR) is 139 cm³/mol. The number of rotatable bonds is 7. The Labute approximate surface area is 208 Å². The highest BCUT2D eigenvalue weighted by molar-refractivity contribution is 5.94. The minimum Gasteiger partial charge on any atom is -0.476 e. The van der Waals surface area contributed by atoms with Crippen LogP contribution < -0.4 is 15.5 Å². The van der Waals surface area contributed by atoms with E-state index >= 15 is 0 Å². The summed E-state index contributed by atoms with van der Waals surface area (Å²) < 4.78 is 16.9. The Bertz CT molecular complexity index is 1480. The summed E-state index contributed by atoms with van der Waals surface area (Å²) in [5.74, 6) is -0.653. The van der Waals surface area contributed by atoms with Crippen LogP contribution in [0.25, 0.3) is 22.3 Å². The van der Waals surface area contributed by atoms with Gasteiger partial charge in [0, 0.05) is 11.3 Å². The fourth-order valence-corrected chi connectivity index (χ4v) is 3.94. The first kappa shape index (κ1) is 24.7. The second-order valence-electron chi connectivity index (χ2n) is 8.55. The van der Waals surface area contributed by atoms with Gasteiger partial charge >= 0.3 is 5.97 Å². The molecule has 0 spiro atoms. The largest absolute Gasteiger partial charge is 0.476 e. The van der Waals surface area contributed by atoms with Crippen LogP contribution in [0.4, 0.5) is 5.69 Å². The van der Waals surface area contributed by atoms with Crippen molar-refractivity contribution in [1.82, 2.24) is 0 Å². The number of benzene rings is 3. The summed E-state index contributed by atoms with van der Waals surface area (Å²) >= 11 is 0. The fourth-order valence-electron chi connectivity index (χ4n) is 3.94. The molecular weight excluding hydrogens is 458 g/mol. The molecule has 0 unspecified atom stereocenters. The molecule has 0 aliphatic heterocycles. The number of nitrogens with one attached hydrogen (secondary N) is 1. The van der Waals surface area contributed by atoms with E-state index < -0.39 is 18.5 Å². The number of hydrogen-bond donors (Lipinski definition) is 1. The van der Waals surface area contributed by atoms with Crippen LogP contribution in [-0.2, 0) is 9.53 Å². The van der Waals surface area contributed by atoms with E-state index in [0.717, 1.165) is 16.7 Å². The average Bonchev–Trinajstić information content (AvgIpc) is 2.84. The van der Waals surface area contributed by atoms with Crippen LogP contribution in [0.15, 0.2) is 69.9 Å². The molecule has 3 aromatic carbocycles. The third-order valence-electron chi connectivity index (χ3n) is 5.64. The van der Waals surface area contributed by atoms with Crippen molar-refractivity contribution in [3.8, 4) is 17.1 Å². The lowest BCUT2D eigenvalue weighted by molar-refractivity contribution is -0.118. The minimum absolute atomic E-state index is 0.0221. The van der Waals surface area contributed by atoms with Crippen molar-refractivity contribution in [2.75, 3.05) is 18.5 Å². The molecule has 4 rings (SSSR count). The van der Waals surface area contributed by atoms with Gasteiger partial charge in [0.25, 0.3) is 5.91 Å². The summed E-state index contributed by atoms with van der Waals surface area (Å²) in [6.07, 6.45) is 0. The van der Waals surface area contributed by atoms with Gasteiger partial charge in [-0.1, -0.05) is 35.9 Å². The molecule has 0 fully saturated rings. The molecule has 4 aromatic rings. The molecule has 1 amide bonds. The third-order valence-corrected chi connectivity index (χ3v) is 5.64. The van der Waals surface area contributed by atoms with Crippen LogP contribution in [0.1, 0.15) is 34.0 Å². The van der Waals surface area contributed by atoms with Crippen LogP contribution in [0.3, 0.4) is 0 Å². The number of hydrogen-bond acceptors (Lipinski definition) is 6. The summed E-state index contributed by atoms with van der Waals surface area (Å²) in [5.41, 5.74) is 4.46. The highest BCUT2D eigenvalue weighted by Crippen LogP contribution is 2.32. The van der Waals surface area contributed by atoms with E-state index in [4.69, 9.17) is 13.9 Å². The first-order chi connectivity index (χ1) is 17.3. The molecule has 0 radical (unpaired) electrons. The van der Waals surface area contributed by atoms with E-state index in [1.807, 2.05) is 57.2 Å². The van der Waals surface area contributed by atoms with Crippen molar-refractivity contribution in [2.24, 2.45) is 0 Å². The number of esters is 1. The van der Waals surface area contributed by atoms with Gasteiger partial charge in [-0.25, -0.2) is 4.79 Å². The Morgan fingerprint density at radius 3 is 2.28 bits per heavy atom. The van der Waals surface area contributed by atoms with Crippen LogP contribution in [0, 0.1) is 20.8 Å². The van der Waals surface area contributed by atoms with E-state index in [9.17, 15) is 14.4 Å². The van der Waals surface area contributed by atoms with Gasteiger partial charge in [0.15, 0.2) is 12.4 Å². The number of carbonyl (C=O) groups excluding carboxylic acids is 2. The second kappa shape index (κ2) is 10.5. The SMILES string of the molecule is CCOC(=O)c1ccc(NC(=O)COc2c(-c3ccc(C)cc3)oc3cc(C)cc(C)c3c2=O)cc1. The predicted octanol–water partition coefficient (Wildman–Crippen LogP) is 5.58. The number of aryl methyl sites for hydroxylation is 3. The molecule has 0 bridgehead atoms. The molecule has 0 saturated heterocycles. The van der Waals surface area contributed by atoms with E-state index in [0.29, 0.717) is 27.8 Å². The van der Waals surface area contributed by atoms with Crippen LogP contribution in [-0.4, -0.2) is 25.1 Å². The van der Waals surface area contributed by atoms with Gasteiger partial charge in [0.2, 0.25) is 11.2 Å². The smallest absolute Gasteiger partial charge is 0.338 e. The monoisotopic (exact) mass is 485 g/mol. The number of ether oxygens (including phenoxy) is 2. The molecule has 7 heteroatoms. The maximum atomic E-state index is 13.5. The molecule has 0 aliphatic carbocycles. The van der Waals surface area contributed by atoms with Gasteiger partial charge in [-0.05, 0) is 69.2 Å². The maximum absolute atomic E-state index is 13.5. The quantitative estimate of drug-likeness (QED) is 0.344. The zero-order valence-corrected chi connectivity index (χ0v) is 20.6. The number of anilines is 1. The van der Waals surface area contributed by atoms with Crippen molar-refractivity contribution < 1.29 is 23.5 Å². The first-order valence-corrected chi connectivity index (χ1v) is 11.6. The minimum atomic E-state index is -0.464. The van der Waals surface area contributed by atoms with Crippen molar-refractivity contribution >= 4 is 28.5 Å². The van der Waals surface area contributed by atoms with Gasteiger partial charge in [0.05, 0.1) is 17.6 Å². The van der Waals surface area contributed by atoms with Gasteiger partial charge < -0.3 is 19.2 Å². The first-order valence-electron chi connectivity index (χ1n) is 11.6. The summed E-state index contributed by atoms with van der Waals surface area (Å²) in [6.45, 7) is 7.35. The van der Waals surface area contributed by atoms with E-state index in [-0.39, 0.29) is 23.5 Å². The van der Waals surface area contributed by atoms with Gasteiger partial charge in [0.1, 0.15) is 5.58 Å². The average molecular weight is 486 g/mol. The van der Waals surface area contributed by atoms with E-state index in [1.165, 1.54) is 0 Å². The Morgan fingerprint density at radius 2 is 1.61 bits per heavy atom. The topological polar surface area (TPSA) is 94.8 Å². The molecule has 1 aromatic heterocycles. The Balaban J connectivity index is 1.61. The zero-order valence-electron chi connectivity index (χ0n) is 20.6. The summed E-state index contributed by atoms with van der Waals surface area (Å²) in [4.78, 5) is 37.9. The molecule has 0 saturated carbocycles. The summed E-state index contributed by atoms with van der Waals surface area (Å²) in [6, 6.07) is 17.6. The van der Waals surface area contributed by atoms with E-state index in [2.05, 4.69) is 5.32 Å². The van der Waals surface area contributed by atoms with Crippen LogP contribution >= 0.6 is 0 Å². The van der Waals surface area contributed by atoms with E-state index in [1.54, 1.807) is 31.2 Å². The lowest BCUT2D eigenvalue weighted by Gasteiger charge is -2.13. The summed E-state index contributed by atoms with van der Waals surface area (Å²) in [5, 5.41) is 3.12. The molecular formula is C29H27NO6. The lowest BCUT2D eigenvalue weighted by Crippen LogP contribution is -2.23. The summed E-state index contributed by atoms with van der Waals surface area (Å²) in [7, 11) is 0.